The van der Waals surface area contributed by atoms with Crippen LogP contribution in [-0.4, -0.2) is 36.9 Å². The SMILES string of the molecule is CCCCNc1ccc(C(=O)Nc2cc(OC)ccc2OC)nn1. The molecule has 0 aliphatic heterocycles. The molecular formula is C17H22N4O3. The quantitative estimate of drug-likeness (QED) is 0.724. The summed E-state index contributed by atoms with van der Waals surface area (Å²) in [5, 5.41) is 13.9. The van der Waals surface area contributed by atoms with Gasteiger partial charge in [-0.15, -0.1) is 10.2 Å². The van der Waals surface area contributed by atoms with E-state index >= 15 is 0 Å². The smallest absolute Gasteiger partial charge is 0.276 e. The molecule has 0 radical (unpaired) electrons. The van der Waals surface area contributed by atoms with Crippen LogP contribution < -0.4 is 20.1 Å². The van der Waals surface area contributed by atoms with Gasteiger partial charge in [0, 0.05) is 12.6 Å². The summed E-state index contributed by atoms with van der Waals surface area (Å²) >= 11 is 0. The van der Waals surface area contributed by atoms with Gasteiger partial charge in [-0.05, 0) is 30.7 Å². The Morgan fingerprint density at radius 3 is 2.58 bits per heavy atom. The Morgan fingerprint density at radius 1 is 1.12 bits per heavy atom. The third kappa shape index (κ3) is 4.58. The van der Waals surface area contributed by atoms with Gasteiger partial charge in [0.2, 0.25) is 0 Å². The lowest BCUT2D eigenvalue weighted by Crippen LogP contribution is -2.15. The largest absolute Gasteiger partial charge is 0.497 e. The molecule has 2 aromatic rings. The Labute approximate surface area is 141 Å². The number of carbonyl (C=O) groups excluding carboxylic acids is 1. The Morgan fingerprint density at radius 2 is 1.96 bits per heavy atom. The lowest BCUT2D eigenvalue weighted by molar-refractivity contribution is 0.102. The number of hydrogen-bond acceptors (Lipinski definition) is 6. The van der Waals surface area contributed by atoms with E-state index in [1.54, 1.807) is 37.4 Å². The molecule has 7 nitrogen and oxygen atoms in total. The number of anilines is 2. The first-order valence-corrected chi connectivity index (χ1v) is 7.79. The first kappa shape index (κ1) is 17.5. The number of nitrogens with one attached hydrogen (secondary N) is 2. The number of nitrogens with zero attached hydrogens (tertiary/aromatic N) is 2. The molecule has 0 bridgehead atoms. The van der Waals surface area contributed by atoms with Crippen LogP contribution in [0, 0.1) is 0 Å². The zero-order valence-electron chi connectivity index (χ0n) is 14.1. The molecule has 0 aliphatic carbocycles. The highest BCUT2D eigenvalue weighted by molar-refractivity contribution is 6.03. The highest BCUT2D eigenvalue weighted by Gasteiger charge is 2.12. The molecular weight excluding hydrogens is 308 g/mol. The number of aromatic nitrogens is 2. The van der Waals surface area contributed by atoms with Crippen LogP contribution in [0.25, 0.3) is 0 Å². The first-order valence-electron chi connectivity index (χ1n) is 7.79. The highest BCUT2D eigenvalue weighted by Crippen LogP contribution is 2.29. The van der Waals surface area contributed by atoms with E-state index in [4.69, 9.17) is 9.47 Å². The standard InChI is InChI=1S/C17H22N4O3/c1-4-5-10-18-16-9-7-13(20-21-16)17(22)19-14-11-12(23-2)6-8-15(14)24-3/h6-9,11H,4-5,10H2,1-3H3,(H,18,21)(H,19,22). The van der Waals surface area contributed by atoms with E-state index in [0.717, 1.165) is 19.4 Å². The minimum absolute atomic E-state index is 0.223. The van der Waals surface area contributed by atoms with Gasteiger partial charge in [0.25, 0.3) is 5.91 Å². The summed E-state index contributed by atoms with van der Waals surface area (Å²) in [6, 6.07) is 8.53. The number of unbranched alkanes of at least 4 members (excludes halogenated alkanes) is 1. The van der Waals surface area contributed by atoms with Crippen LogP contribution in [0.1, 0.15) is 30.3 Å². The molecule has 0 spiro atoms. The Balaban J connectivity index is 2.06. The van der Waals surface area contributed by atoms with Crippen LogP contribution in [-0.2, 0) is 0 Å². The van der Waals surface area contributed by atoms with Gasteiger partial charge in [-0.3, -0.25) is 4.79 Å². The summed E-state index contributed by atoms with van der Waals surface area (Å²) in [6.45, 7) is 2.95. The molecule has 1 amide bonds. The molecule has 0 saturated heterocycles. The van der Waals surface area contributed by atoms with Crippen molar-refractivity contribution in [2.45, 2.75) is 19.8 Å². The zero-order chi connectivity index (χ0) is 17.4. The second kappa shape index (κ2) is 8.71. The van der Waals surface area contributed by atoms with Crippen LogP contribution in [0.2, 0.25) is 0 Å². The molecule has 2 rings (SSSR count). The number of amides is 1. The van der Waals surface area contributed by atoms with Crippen LogP contribution in [0.15, 0.2) is 30.3 Å². The fourth-order valence-electron chi connectivity index (χ4n) is 2.04. The maximum Gasteiger partial charge on any atom is 0.276 e. The molecule has 1 aromatic heterocycles. The molecule has 0 atom stereocenters. The molecule has 1 aromatic carbocycles. The van der Waals surface area contributed by atoms with Crippen molar-refractivity contribution < 1.29 is 14.3 Å². The molecule has 24 heavy (non-hydrogen) atoms. The average molecular weight is 330 g/mol. The minimum atomic E-state index is -0.367. The molecule has 7 heteroatoms. The molecule has 0 saturated carbocycles. The Kier molecular flexibility index (Phi) is 6.36. The van der Waals surface area contributed by atoms with Crippen LogP contribution in [0.3, 0.4) is 0 Å². The minimum Gasteiger partial charge on any atom is -0.497 e. The summed E-state index contributed by atoms with van der Waals surface area (Å²) in [7, 11) is 3.09. The van der Waals surface area contributed by atoms with Crippen molar-refractivity contribution >= 4 is 17.4 Å². The van der Waals surface area contributed by atoms with Crippen molar-refractivity contribution in [1.82, 2.24) is 10.2 Å². The fraction of sp³-hybridized carbons (Fsp3) is 0.353. The van der Waals surface area contributed by atoms with E-state index in [1.165, 1.54) is 7.11 Å². The maximum absolute atomic E-state index is 12.3. The number of benzene rings is 1. The van der Waals surface area contributed by atoms with E-state index in [1.807, 2.05) is 0 Å². The summed E-state index contributed by atoms with van der Waals surface area (Å²) < 4.78 is 10.4. The van der Waals surface area contributed by atoms with Crippen molar-refractivity contribution in [2.75, 3.05) is 31.4 Å². The van der Waals surface area contributed by atoms with Crippen molar-refractivity contribution in [3.8, 4) is 11.5 Å². The second-order valence-corrected chi connectivity index (χ2v) is 5.10. The third-order valence-electron chi connectivity index (χ3n) is 3.39. The molecule has 128 valence electrons. The number of ether oxygens (including phenoxy) is 2. The monoisotopic (exact) mass is 330 g/mol. The topological polar surface area (TPSA) is 85.4 Å². The number of hydrogen-bond donors (Lipinski definition) is 2. The highest BCUT2D eigenvalue weighted by atomic mass is 16.5. The van der Waals surface area contributed by atoms with Crippen LogP contribution in [0.4, 0.5) is 11.5 Å². The average Bonchev–Trinajstić information content (AvgIpc) is 2.62. The van der Waals surface area contributed by atoms with Gasteiger partial charge in [0.1, 0.15) is 17.3 Å². The summed E-state index contributed by atoms with van der Waals surface area (Å²) in [6.07, 6.45) is 2.16. The molecule has 2 N–H and O–H groups in total. The zero-order valence-corrected chi connectivity index (χ0v) is 14.1. The molecule has 0 fully saturated rings. The van der Waals surface area contributed by atoms with Crippen molar-refractivity contribution in [1.29, 1.82) is 0 Å². The van der Waals surface area contributed by atoms with Gasteiger partial charge in [-0.2, -0.15) is 0 Å². The summed E-state index contributed by atoms with van der Waals surface area (Å²) in [5.41, 5.74) is 0.731. The van der Waals surface area contributed by atoms with E-state index in [9.17, 15) is 4.79 Å². The predicted octanol–water partition coefficient (Wildman–Crippen LogP) is 2.96. The van der Waals surface area contributed by atoms with E-state index in [2.05, 4.69) is 27.8 Å². The van der Waals surface area contributed by atoms with Crippen LogP contribution in [0.5, 0.6) is 11.5 Å². The van der Waals surface area contributed by atoms with Crippen molar-refractivity contribution in [3.63, 3.8) is 0 Å². The lowest BCUT2D eigenvalue weighted by Gasteiger charge is -2.11. The molecule has 0 aliphatic rings. The second-order valence-electron chi connectivity index (χ2n) is 5.10. The predicted molar refractivity (Wildman–Crippen MR) is 92.9 cm³/mol. The number of rotatable bonds is 8. The first-order chi connectivity index (χ1) is 11.7. The van der Waals surface area contributed by atoms with Gasteiger partial charge in [0.15, 0.2) is 5.69 Å². The van der Waals surface area contributed by atoms with E-state index < -0.39 is 0 Å². The van der Waals surface area contributed by atoms with Gasteiger partial charge >= 0.3 is 0 Å². The summed E-state index contributed by atoms with van der Waals surface area (Å²) in [5.74, 6) is 1.44. The summed E-state index contributed by atoms with van der Waals surface area (Å²) in [4.78, 5) is 12.3. The van der Waals surface area contributed by atoms with Gasteiger partial charge < -0.3 is 20.1 Å². The van der Waals surface area contributed by atoms with E-state index in [0.29, 0.717) is 23.0 Å². The maximum atomic E-state index is 12.3. The van der Waals surface area contributed by atoms with Crippen molar-refractivity contribution in [2.24, 2.45) is 0 Å². The van der Waals surface area contributed by atoms with Gasteiger partial charge in [-0.25, -0.2) is 0 Å². The van der Waals surface area contributed by atoms with Crippen LogP contribution >= 0.6 is 0 Å². The third-order valence-corrected chi connectivity index (χ3v) is 3.39. The van der Waals surface area contributed by atoms with Gasteiger partial charge in [0.05, 0.1) is 19.9 Å². The Hall–Kier alpha value is -2.83. The Bertz CT molecular complexity index is 674. The fourth-order valence-corrected chi connectivity index (χ4v) is 2.04. The number of carbonyl (C=O) groups is 1. The molecule has 1 heterocycles. The molecule has 0 unspecified atom stereocenters. The van der Waals surface area contributed by atoms with E-state index in [-0.39, 0.29) is 11.6 Å². The van der Waals surface area contributed by atoms with Gasteiger partial charge in [-0.1, -0.05) is 13.3 Å². The normalized spacial score (nSPS) is 10.1. The number of methoxy groups -OCH3 is 2. The van der Waals surface area contributed by atoms with Crippen molar-refractivity contribution in [3.05, 3.63) is 36.0 Å². The lowest BCUT2D eigenvalue weighted by atomic mass is 10.2.